The number of rotatable bonds is 6. The van der Waals surface area contributed by atoms with Crippen molar-refractivity contribution in [1.82, 2.24) is 20.4 Å². The van der Waals surface area contributed by atoms with Crippen molar-refractivity contribution in [2.45, 2.75) is 12.0 Å². The largest absolute Gasteiger partial charge is 0.383 e. The number of ether oxygens (including phenoxy) is 1. The summed E-state index contributed by atoms with van der Waals surface area (Å²) in [4.78, 5) is 15.1. The average Bonchev–Trinajstić information content (AvgIpc) is 3.34. The molecule has 1 aromatic heterocycles. The van der Waals surface area contributed by atoms with E-state index in [1.165, 1.54) is 5.56 Å². The smallest absolute Gasteiger partial charge is 0.319 e. The van der Waals surface area contributed by atoms with Crippen molar-refractivity contribution in [2.75, 3.05) is 38.7 Å². The highest BCUT2D eigenvalue weighted by Gasteiger charge is 2.34. The van der Waals surface area contributed by atoms with Crippen LogP contribution in [0.15, 0.2) is 54.7 Å². The molecule has 0 radical (unpaired) electrons. The zero-order chi connectivity index (χ0) is 19.3. The molecule has 3 aromatic rings. The number of fused-ring (bicyclic) bond motifs is 1. The minimum absolute atomic E-state index is 0.0280. The quantitative estimate of drug-likeness (QED) is 0.615. The summed E-state index contributed by atoms with van der Waals surface area (Å²) in [6.07, 6.45) is 1.74. The number of carbonyl (C=O) groups is 1. The Morgan fingerprint density at radius 3 is 2.89 bits per heavy atom. The lowest BCUT2D eigenvalue weighted by molar-refractivity contribution is 0.159. The first-order valence-corrected chi connectivity index (χ1v) is 9.50. The molecule has 2 atom stereocenters. The molecule has 0 bridgehead atoms. The van der Waals surface area contributed by atoms with E-state index >= 15 is 0 Å². The third-order valence-corrected chi connectivity index (χ3v) is 5.28. The molecule has 0 spiro atoms. The van der Waals surface area contributed by atoms with E-state index in [1.807, 2.05) is 36.4 Å². The van der Waals surface area contributed by atoms with Crippen LogP contribution in [0.25, 0.3) is 10.9 Å². The highest BCUT2D eigenvalue weighted by Crippen LogP contribution is 2.28. The summed E-state index contributed by atoms with van der Waals surface area (Å²) in [6.45, 7) is 3.23. The first kappa shape index (κ1) is 18.5. The van der Waals surface area contributed by atoms with Crippen LogP contribution in [-0.2, 0) is 4.74 Å². The first-order chi connectivity index (χ1) is 13.7. The van der Waals surface area contributed by atoms with Crippen LogP contribution in [0, 0.1) is 0 Å². The van der Waals surface area contributed by atoms with Crippen molar-refractivity contribution in [1.29, 1.82) is 0 Å². The lowest BCUT2D eigenvalue weighted by Gasteiger charge is -2.20. The van der Waals surface area contributed by atoms with Gasteiger partial charge in [-0.2, -0.15) is 5.10 Å². The molecule has 1 saturated heterocycles. The Bertz CT molecular complexity index is 927. The Kier molecular flexibility index (Phi) is 5.55. The topological polar surface area (TPSA) is 82.3 Å². The predicted octanol–water partition coefficient (Wildman–Crippen LogP) is 2.80. The third-order valence-electron chi connectivity index (χ3n) is 5.28. The van der Waals surface area contributed by atoms with Crippen molar-refractivity contribution >= 4 is 22.6 Å². The van der Waals surface area contributed by atoms with Crippen LogP contribution in [0.4, 0.5) is 10.5 Å². The fraction of sp³-hybridized carbons (Fsp3) is 0.333. The van der Waals surface area contributed by atoms with Crippen LogP contribution in [0.2, 0.25) is 0 Å². The maximum absolute atomic E-state index is 12.7. The van der Waals surface area contributed by atoms with Gasteiger partial charge in [0.15, 0.2) is 0 Å². The van der Waals surface area contributed by atoms with E-state index in [0.29, 0.717) is 6.61 Å². The second-order valence-corrected chi connectivity index (χ2v) is 7.11. The fourth-order valence-electron chi connectivity index (χ4n) is 3.87. The van der Waals surface area contributed by atoms with Gasteiger partial charge in [0.2, 0.25) is 0 Å². The van der Waals surface area contributed by atoms with Crippen molar-refractivity contribution in [3.05, 3.63) is 60.3 Å². The number of anilines is 1. The summed E-state index contributed by atoms with van der Waals surface area (Å²) in [6, 6.07) is 15.9. The monoisotopic (exact) mass is 379 g/mol. The van der Waals surface area contributed by atoms with Crippen LogP contribution in [0.3, 0.4) is 0 Å². The van der Waals surface area contributed by atoms with Gasteiger partial charge in [0.05, 0.1) is 30.0 Å². The zero-order valence-electron chi connectivity index (χ0n) is 15.9. The molecule has 1 aliphatic rings. The summed E-state index contributed by atoms with van der Waals surface area (Å²) in [5.74, 6) is 0.242. The van der Waals surface area contributed by atoms with Crippen LogP contribution in [0.5, 0.6) is 0 Å². The molecule has 28 heavy (non-hydrogen) atoms. The lowest BCUT2D eigenvalue weighted by atomic mass is 9.94. The molecule has 3 N–H and O–H groups in total. The Labute approximate surface area is 164 Å². The summed E-state index contributed by atoms with van der Waals surface area (Å²) >= 11 is 0. The van der Waals surface area contributed by atoms with Crippen molar-refractivity contribution in [3.63, 3.8) is 0 Å². The Hall–Kier alpha value is -2.90. The van der Waals surface area contributed by atoms with Gasteiger partial charge >= 0.3 is 6.03 Å². The van der Waals surface area contributed by atoms with E-state index in [2.05, 4.69) is 37.9 Å². The van der Waals surface area contributed by atoms with Gasteiger partial charge in [-0.25, -0.2) is 4.79 Å². The third kappa shape index (κ3) is 4.00. The van der Waals surface area contributed by atoms with E-state index in [-0.39, 0.29) is 18.0 Å². The number of likely N-dealkylation sites (tertiary alicyclic amines) is 1. The van der Waals surface area contributed by atoms with Crippen LogP contribution in [-0.4, -0.2) is 60.5 Å². The van der Waals surface area contributed by atoms with Crippen LogP contribution in [0.1, 0.15) is 11.5 Å². The number of aromatic nitrogens is 2. The van der Waals surface area contributed by atoms with Gasteiger partial charge < -0.3 is 15.4 Å². The number of methoxy groups -OCH3 is 1. The van der Waals surface area contributed by atoms with Crippen molar-refractivity contribution < 1.29 is 9.53 Å². The van der Waals surface area contributed by atoms with Gasteiger partial charge in [0, 0.05) is 38.0 Å². The van der Waals surface area contributed by atoms with Gasteiger partial charge in [-0.1, -0.05) is 42.5 Å². The molecule has 7 heteroatoms. The van der Waals surface area contributed by atoms with Gasteiger partial charge in [0.25, 0.3) is 0 Å². The summed E-state index contributed by atoms with van der Waals surface area (Å²) in [5, 5.41) is 14.1. The molecule has 0 saturated carbocycles. The fourth-order valence-corrected chi connectivity index (χ4v) is 3.87. The van der Waals surface area contributed by atoms with E-state index < -0.39 is 0 Å². The number of para-hydroxylation sites is 1. The normalized spacial score (nSPS) is 19.8. The number of hydrogen-bond acceptors (Lipinski definition) is 4. The first-order valence-electron chi connectivity index (χ1n) is 9.50. The minimum atomic E-state index is -0.207. The van der Waals surface area contributed by atoms with Crippen molar-refractivity contribution in [3.8, 4) is 0 Å². The second kappa shape index (κ2) is 8.41. The maximum Gasteiger partial charge on any atom is 0.319 e. The molecule has 2 amide bonds. The van der Waals surface area contributed by atoms with E-state index in [9.17, 15) is 4.79 Å². The summed E-state index contributed by atoms with van der Waals surface area (Å²) in [5.41, 5.74) is 2.78. The van der Waals surface area contributed by atoms with Crippen molar-refractivity contribution in [2.24, 2.45) is 0 Å². The highest BCUT2D eigenvalue weighted by atomic mass is 16.5. The van der Waals surface area contributed by atoms with Gasteiger partial charge in [0.1, 0.15) is 0 Å². The van der Waals surface area contributed by atoms with E-state index in [1.54, 1.807) is 13.3 Å². The van der Waals surface area contributed by atoms with Gasteiger partial charge in [-0.3, -0.25) is 10.00 Å². The standard InChI is InChI=1S/C21H25N5O2/c1-28-11-10-26-13-17(15-6-3-2-4-7-15)19(14-26)24-21(27)23-18-9-5-8-16-12-22-25-20(16)18/h2-9,12,17,19H,10-11,13-14H2,1H3,(H,22,25)(H2,23,24,27)/t17-,19+/m0/s1. The average molecular weight is 379 g/mol. The number of benzene rings is 2. The minimum Gasteiger partial charge on any atom is -0.383 e. The summed E-state index contributed by atoms with van der Waals surface area (Å²) < 4.78 is 5.22. The maximum atomic E-state index is 12.7. The molecule has 1 fully saturated rings. The van der Waals surface area contributed by atoms with Crippen LogP contribution >= 0.6 is 0 Å². The van der Waals surface area contributed by atoms with Crippen LogP contribution < -0.4 is 10.6 Å². The molecular weight excluding hydrogens is 354 g/mol. The molecule has 0 unspecified atom stereocenters. The van der Waals surface area contributed by atoms with Gasteiger partial charge in [-0.05, 0) is 11.6 Å². The number of carbonyl (C=O) groups excluding carboxylic acids is 1. The number of amides is 2. The van der Waals surface area contributed by atoms with E-state index in [4.69, 9.17) is 4.74 Å². The van der Waals surface area contributed by atoms with E-state index in [0.717, 1.165) is 36.2 Å². The number of hydrogen-bond donors (Lipinski definition) is 3. The molecular formula is C21H25N5O2. The number of aromatic amines is 1. The Morgan fingerprint density at radius 1 is 1.21 bits per heavy atom. The lowest BCUT2D eigenvalue weighted by Crippen LogP contribution is -2.42. The molecule has 1 aliphatic heterocycles. The predicted molar refractivity (Wildman–Crippen MR) is 110 cm³/mol. The molecule has 2 aromatic carbocycles. The Balaban J connectivity index is 1.47. The zero-order valence-corrected chi connectivity index (χ0v) is 15.9. The molecule has 4 rings (SSSR count). The number of urea groups is 1. The molecule has 2 heterocycles. The molecule has 0 aliphatic carbocycles. The number of nitrogens with zero attached hydrogens (tertiary/aromatic N) is 2. The number of H-pyrrole nitrogens is 1. The SMILES string of the molecule is COCCN1C[C@@H](NC(=O)Nc2cccc3cn[nH]c23)[C@H](c2ccccc2)C1. The molecule has 146 valence electrons. The second-order valence-electron chi connectivity index (χ2n) is 7.11. The number of nitrogens with one attached hydrogen (secondary N) is 3. The van der Waals surface area contributed by atoms with Gasteiger partial charge in [-0.15, -0.1) is 0 Å². The molecule has 7 nitrogen and oxygen atoms in total. The Morgan fingerprint density at radius 2 is 2.07 bits per heavy atom. The highest BCUT2D eigenvalue weighted by molar-refractivity contribution is 5.99. The summed E-state index contributed by atoms with van der Waals surface area (Å²) in [7, 11) is 1.71.